The third-order valence-electron chi connectivity index (χ3n) is 4.64. The summed E-state index contributed by atoms with van der Waals surface area (Å²) in [6.45, 7) is 5.85. The molecule has 0 bridgehead atoms. The Hall–Kier alpha value is -1.88. The Kier molecular flexibility index (Phi) is 6.79. The molecule has 2 rings (SSSR count). The van der Waals surface area contributed by atoms with Crippen LogP contribution in [0, 0.1) is 0 Å². The van der Waals surface area contributed by atoms with Gasteiger partial charge in [0, 0.05) is 13.1 Å². The molecule has 1 aromatic carbocycles. The summed E-state index contributed by atoms with van der Waals surface area (Å²) in [5.74, 6) is 0.0462. The van der Waals surface area contributed by atoms with Crippen molar-refractivity contribution in [3.05, 3.63) is 35.4 Å². The predicted octanol–water partition coefficient (Wildman–Crippen LogP) is 1.98. The van der Waals surface area contributed by atoms with Gasteiger partial charge in [-0.3, -0.25) is 14.5 Å². The van der Waals surface area contributed by atoms with Crippen molar-refractivity contribution in [2.45, 2.75) is 39.2 Å². The van der Waals surface area contributed by atoms with Crippen LogP contribution < -0.4 is 5.32 Å². The van der Waals surface area contributed by atoms with Crippen molar-refractivity contribution < 1.29 is 9.59 Å². The molecule has 0 aliphatic heterocycles. The quantitative estimate of drug-likeness (QED) is 0.831. The number of carbonyl (C=O) groups excluding carboxylic acids is 2. The maximum absolute atomic E-state index is 12.3. The molecule has 5 heteroatoms. The van der Waals surface area contributed by atoms with Crippen LogP contribution in [-0.2, 0) is 16.0 Å². The molecule has 24 heavy (non-hydrogen) atoms. The van der Waals surface area contributed by atoms with E-state index in [1.54, 1.807) is 9.80 Å². The molecule has 0 saturated heterocycles. The molecule has 1 aromatic rings. The Labute approximate surface area is 145 Å². The number of nitrogens with zero attached hydrogens (tertiary/aromatic N) is 2. The Morgan fingerprint density at radius 2 is 1.88 bits per heavy atom. The topological polar surface area (TPSA) is 52.7 Å². The first-order valence-electron chi connectivity index (χ1n) is 8.88. The lowest BCUT2D eigenvalue weighted by atomic mass is 9.88. The molecule has 0 unspecified atom stereocenters. The zero-order valence-electron chi connectivity index (χ0n) is 15.0. The summed E-state index contributed by atoms with van der Waals surface area (Å²) in [7, 11) is 1.82. The van der Waals surface area contributed by atoms with E-state index in [9.17, 15) is 9.59 Å². The van der Waals surface area contributed by atoms with Gasteiger partial charge in [0.15, 0.2) is 0 Å². The van der Waals surface area contributed by atoms with E-state index < -0.39 is 0 Å². The number of fused-ring (bicyclic) bond motifs is 1. The fourth-order valence-electron chi connectivity index (χ4n) is 3.35. The van der Waals surface area contributed by atoms with Gasteiger partial charge in [-0.25, -0.2) is 0 Å². The molecule has 0 radical (unpaired) electrons. The van der Waals surface area contributed by atoms with E-state index in [-0.39, 0.29) is 30.9 Å². The van der Waals surface area contributed by atoms with E-state index in [0.717, 1.165) is 19.3 Å². The summed E-state index contributed by atoms with van der Waals surface area (Å²) >= 11 is 0. The van der Waals surface area contributed by atoms with E-state index >= 15 is 0 Å². The van der Waals surface area contributed by atoms with Crippen molar-refractivity contribution in [2.75, 3.05) is 33.2 Å². The second-order valence-electron chi connectivity index (χ2n) is 6.45. The van der Waals surface area contributed by atoms with Crippen LogP contribution in [-0.4, -0.2) is 54.8 Å². The highest BCUT2D eigenvalue weighted by Crippen LogP contribution is 2.29. The van der Waals surface area contributed by atoms with Gasteiger partial charge >= 0.3 is 0 Å². The highest BCUT2D eigenvalue weighted by Gasteiger charge is 2.22. The molecule has 1 aliphatic carbocycles. The number of hydrogen-bond acceptors (Lipinski definition) is 3. The molecule has 0 spiro atoms. The third-order valence-corrected chi connectivity index (χ3v) is 4.64. The van der Waals surface area contributed by atoms with E-state index in [0.29, 0.717) is 13.1 Å². The maximum Gasteiger partial charge on any atom is 0.236 e. The van der Waals surface area contributed by atoms with E-state index in [1.165, 1.54) is 11.1 Å². The number of benzene rings is 1. The van der Waals surface area contributed by atoms with Crippen LogP contribution >= 0.6 is 0 Å². The molecule has 132 valence electrons. The molecule has 0 fully saturated rings. The molecule has 0 aromatic heterocycles. The first kappa shape index (κ1) is 18.5. The zero-order chi connectivity index (χ0) is 17.5. The van der Waals surface area contributed by atoms with E-state index in [1.807, 2.05) is 27.0 Å². The van der Waals surface area contributed by atoms with Gasteiger partial charge in [-0.05, 0) is 51.3 Å². The number of likely N-dealkylation sites (N-methyl/N-ethyl adjacent to an activating group) is 2. The van der Waals surface area contributed by atoms with Crippen LogP contribution in [0.15, 0.2) is 24.3 Å². The Balaban J connectivity index is 1.86. The zero-order valence-corrected chi connectivity index (χ0v) is 15.0. The van der Waals surface area contributed by atoms with Gasteiger partial charge in [-0.1, -0.05) is 24.3 Å². The Morgan fingerprint density at radius 1 is 1.17 bits per heavy atom. The highest BCUT2D eigenvalue weighted by molar-refractivity contribution is 5.81. The number of hydrogen-bond donors (Lipinski definition) is 1. The van der Waals surface area contributed by atoms with Gasteiger partial charge in [0.1, 0.15) is 0 Å². The van der Waals surface area contributed by atoms with Gasteiger partial charge in [0.25, 0.3) is 0 Å². The first-order chi connectivity index (χ1) is 11.5. The third kappa shape index (κ3) is 4.81. The number of nitrogens with one attached hydrogen (secondary N) is 1. The van der Waals surface area contributed by atoms with Crippen LogP contribution in [0.2, 0.25) is 0 Å². The smallest absolute Gasteiger partial charge is 0.236 e. The van der Waals surface area contributed by atoms with Crippen LogP contribution in [0.5, 0.6) is 0 Å². The largest absolute Gasteiger partial charge is 0.348 e. The van der Waals surface area contributed by atoms with Crippen LogP contribution in [0.4, 0.5) is 0 Å². The van der Waals surface area contributed by atoms with Crippen molar-refractivity contribution in [1.82, 2.24) is 15.1 Å². The average Bonchev–Trinajstić information content (AvgIpc) is 2.56. The lowest BCUT2D eigenvalue weighted by Gasteiger charge is -2.27. The van der Waals surface area contributed by atoms with Gasteiger partial charge in [0.05, 0.1) is 19.1 Å². The molecule has 0 saturated carbocycles. The summed E-state index contributed by atoms with van der Waals surface area (Å²) in [4.78, 5) is 28.0. The number of aryl methyl sites for hydroxylation is 1. The van der Waals surface area contributed by atoms with Gasteiger partial charge in [-0.15, -0.1) is 0 Å². The van der Waals surface area contributed by atoms with Crippen molar-refractivity contribution in [1.29, 1.82) is 0 Å². The van der Waals surface area contributed by atoms with Crippen molar-refractivity contribution in [2.24, 2.45) is 0 Å². The molecule has 5 nitrogen and oxygen atoms in total. The van der Waals surface area contributed by atoms with E-state index in [2.05, 4.69) is 23.5 Å². The summed E-state index contributed by atoms with van der Waals surface area (Å²) in [5, 5.41) is 3.13. The molecule has 2 amide bonds. The molecular weight excluding hydrogens is 302 g/mol. The lowest BCUT2D eigenvalue weighted by molar-refractivity contribution is -0.132. The number of amides is 2. The van der Waals surface area contributed by atoms with Crippen molar-refractivity contribution in [3.8, 4) is 0 Å². The number of carbonyl (C=O) groups is 2. The van der Waals surface area contributed by atoms with Crippen LogP contribution in [0.3, 0.4) is 0 Å². The van der Waals surface area contributed by atoms with Crippen LogP contribution in [0.1, 0.15) is 43.9 Å². The van der Waals surface area contributed by atoms with Crippen molar-refractivity contribution in [3.63, 3.8) is 0 Å². The van der Waals surface area contributed by atoms with Crippen molar-refractivity contribution >= 4 is 11.8 Å². The molecule has 1 N–H and O–H groups in total. The van der Waals surface area contributed by atoms with E-state index in [4.69, 9.17) is 0 Å². The summed E-state index contributed by atoms with van der Waals surface area (Å²) in [6, 6.07) is 8.41. The lowest BCUT2D eigenvalue weighted by Crippen LogP contribution is -2.43. The fourth-order valence-corrected chi connectivity index (χ4v) is 3.35. The summed E-state index contributed by atoms with van der Waals surface area (Å²) in [5.41, 5.74) is 2.57. The fraction of sp³-hybridized carbons (Fsp3) is 0.579. The monoisotopic (exact) mass is 331 g/mol. The average molecular weight is 331 g/mol. The van der Waals surface area contributed by atoms with Crippen LogP contribution in [0.25, 0.3) is 0 Å². The number of rotatable bonds is 7. The minimum Gasteiger partial charge on any atom is -0.348 e. The molecule has 1 atom stereocenters. The summed E-state index contributed by atoms with van der Waals surface area (Å²) < 4.78 is 0. The van der Waals surface area contributed by atoms with Gasteiger partial charge in [-0.2, -0.15) is 0 Å². The Morgan fingerprint density at radius 3 is 2.58 bits per heavy atom. The normalized spacial score (nSPS) is 16.6. The molecular formula is C19H29N3O2. The van der Waals surface area contributed by atoms with Gasteiger partial charge < -0.3 is 10.2 Å². The standard InChI is InChI=1S/C19H29N3O2/c1-4-22(5-2)19(24)14-21(3)13-18(23)20-17-12-8-10-15-9-6-7-11-16(15)17/h6-7,9,11,17H,4-5,8,10,12-14H2,1-3H3,(H,20,23)/t17-/m1/s1. The summed E-state index contributed by atoms with van der Waals surface area (Å²) in [6.07, 6.45) is 3.16. The predicted molar refractivity (Wildman–Crippen MR) is 95.7 cm³/mol. The first-order valence-corrected chi connectivity index (χ1v) is 8.88. The minimum absolute atomic E-state index is 0.0217. The van der Waals surface area contributed by atoms with Gasteiger partial charge in [0.2, 0.25) is 11.8 Å². The minimum atomic E-state index is -0.0217. The second-order valence-corrected chi connectivity index (χ2v) is 6.45. The maximum atomic E-state index is 12.3. The second kappa shape index (κ2) is 8.83. The SMILES string of the molecule is CCN(CC)C(=O)CN(C)CC(=O)N[C@@H]1CCCc2ccccc21. The highest BCUT2D eigenvalue weighted by atomic mass is 16.2. The molecule has 0 heterocycles. The Bertz CT molecular complexity index is 569. The molecule has 1 aliphatic rings.